The number of phenols is 2. The molecule has 2 aliphatic heterocycles. The number of hydrogen-bond acceptors (Lipinski definition) is 16. The molecular weight excluding hydrogens is 1010 g/mol. The Kier molecular flexibility index (Phi) is 16.9. The van der Waals surface area contributed by atoms with E-state index in [0.717, 1.165) is 42.6 Å². The SMILES string of the molecule is CC(CC=C1C=CC(CCNCCc2ccc(O)cc2)c2ccccc21)C1CNCC2(O)C(Oc3ccc4c(=O)c(-c5ccc(O)cc5)c(C(N)=O)oc4c3)OC(C(=O)O)C(O)C2(C=O)OCSSCC1c1cc[nH]c1. The van der Waals surface area contributed by atoms with Gasteiger partial charge >= 0.3 is 5.97 Å². The highest BCUT2D eigenvalue weighted by molar-refractivity contribution is 8.76. The van der Waals surface area contributed by atoms with Crippen molar-refractivity contribution in [1.82, 2.24) is 15.6 Å². The Morgan fingerprint density at radius 2 is 1.76 bits per heavy atom. The lowest BCUT2D eigenvalue weighted by molar-refractivity contribution is -0.340. The number of aliphatic carboxylic acids is 1. The summed E-state index contributed by atoms with van der Waals surface area (Å²) >= 11 is 0. The number of amides is 1. The predicted molar refractivity (Wildman–Crippen MR) is 290 cm³/mol. The third-order valence-corrected chi connectivity index (χ3v) is 16.8. The number of hydrogen-bond donors (Lipinski definition) is 9. The van der Waals surface area contributed by atoms with Crippen molar-refractivity contribution in [3.63, 3.8) is 0 Å². The van der Waals surface area contributed by atoms with Gasteiger partial charge in [0, 0.05) is 36.7 Å². The number of carbonyl (C=O) groups is 3. The molecule has 4 heterocycles. The largest absolute Gasteiger partial charge is 0.508 e. The Bertz CT molecular complexity index is 3150. The van der Waals surface area contributed by atoms with Crippen LogP contribution in [0.25, 0.3) is 27.7 Å². The lowest BCUT2D eigenvalue weighted by atomic mass is 9.73. The summed E-state index contributed by atoms with van der Waals surface area (Å²) in [5.74, 6) is -2.70. The molecule has 0 bridgehead atoms. The van der Waals surface area contributed by atoms with Crippen LogP contribution in [0.4, 0.5) is 0 Å². The number of carboxylic acid groups (broad SMARTS) is 1. The second-order valence-corrected chi connectivity index (χ2v) is 21.9. The highest BCUT2D eigenvalue weighted by atomic mass is 33.1. The lowest BCUT2D eigenvalue weighted by Crippen LogP contribution is -2.80. The fraction of sp³-hybridized carbons (Fsp3) is 0.333. The number of benzene rings is 4. The average molecular weight is 1070 g/mol. The Morgan fingerprint density at radius 3 is 2.49 bits per heavy atom. The topological polar surface area (TPSA) is 276 Å². The second-order valence-electron chi connectivity index (χ2n) is 19.4. The van der Waals surface area contributed by atoms with Gasteiger partial charge in [0.2, 0.25) is 17.5 Å². The van der Waals surface area contributed by atoms with Crippen molar-refractivity contribution < 1.29 is 58.5 Å². The number of carboxylic acids is 1. The van der Waals surface area contributed by atoms with Gasteiger partial charge < -0.3 is 65.5 Å². The number of β-amino-alcohol motifs (C(OH)–C–C–N with tert-alkyl or cyclic N) is 1. The maximum Gasteiger partial charge on any atom is 0.335 e. The number of aromatic nitrogens is 1. The minimum absolute atomic E-state index is 0.00112. The molecule has 17 nitrogen and oxygen atoms in total. The average Bonchev–Trinajstić information content (AvgIpc) is 4.00. The molecule has 0 spiro atoms. The number of aldehydes is 1. The number of primary amides is 1. The zero-order valence-corrected chi connectivity index (χ0v) is 43.1. The molecule has 2 saturated heterocycles. The minimum atomic E-state index is -2.63. The molecule has 19 heteroatoms. The molecule has 2 fully saturated rings. The van der Waals surface area contributed by atoms with Gasteiger partial charge in [-0.05, 0) is 133 Å². The Hall–Kier alpha value is -6.68. The van der Waals surface area contributed by atoms with Crippen molar-refractivity contribution in [2.45, 2.75) is 67.7 Å². The van der Waals surface area contributed by atoms with Gasteiger partial charge in [0.05, 0.1) is 10.9 Å². The number of aliphatic hydroxyl groups excluding tert-OH is 1. The van der Waals surface area contributed by atoms with E-state index in [1.54, 1.807) is 12.1 Å². The highest BCUT2D eigenvalue weighted by Crippen LogP contribution is 2.45. The van der Waals surface area contributed by atoms with Gasteiger partial charge in [0.1, 0.15) is 34.9 Å². The van der Waals surface area contributed by atoms with Crippen LogP contribution in [0.5, 0.6) is 17.2 Å². The van der Waals surface area contributed by atoms with Crippen molar-refractivity contribution in [2.24, 2.45) is 17.6 Å². The van der Waals surface area contributed by atoms with Crippen LogP contribution in [0.1, 0.15) is 64.4 Å². The molecule has 0 radical (unpaired) electrons. The molecule has 9 atom stereocenters. The normalized spacial score (nSPS) is 25.9. The molecule has 1 aliphatic carbocycles. The van der Waals surface area contributed by atoms with Crippen LogP contribution in [0.3, 0.4) is 0 Å². The Balaban J connectivity index is 0.980. The number of aromatic amines is 1. The van der Waals surface area contributed by atoms with Crippen molar-refractivity contribution in [3.05, 3.63) is 166 Å². The molecule has 6 aromatic rings. The first-order valence-corrected chi connectivity index (χ1v) is 27.5. The summed E-state index contributed by atoms with van der Waals surface area (Å²) in [4.78, 5) is 56.1. The lowest BCUT2D eigenvalue weighted by Gasteiger charge is -2.53. The first kappa shape index (κ1) is 54.1. The van der Waals surface area contributed by atoms with Crippen LogP contribution in [0.2, 0.25) is 0 Å². The van der Waals surface area contributed by atoms with Gasteiger partial charge in [0.25, 0.3) is 5.91 Å². The van der Waals surface area contributed by atoms with E-state index in [9.17, 15) is 44.7 Å². The number of aliphatic hydroxyl groups is 2. The highest BCUT2D eigenvalue weighted by Gasteiger charge is 2.69. The standard InChI is InChI=1S/C57H60N4O13S2/c1-33(6-9-35-10-11-36(43-5-3-2-4-42(35)43)21-24-59-23-20-34-7-14-39(63)15-8-34)45-28-61-30-56(70)55(74-51(54(68)69)52(66)57(56,31-62)71-32-76-75-29-46(45)38-22-25-60-27-38)72-41-18-19-44-47(26-41)73-50(53(58)67)48(49(44)65)37-12-16-40(64)17-13-37/h2-5,7-19,22,25-27,31,33,36,45-46,51-52,55,59-61,63-64,66,70H,6,20-21,23-24,28-30,32H2,1H3,(H2,58,67)(H,68,69). The van der Waals surface area contributed by atoms with E-state index in [0.29, 0.717) is 12.2 Å². The molecule has 2 aromatic heterocycles. The fourth-order valence-corrected chi connectivity index (χ4v) is 12.6. The van der Waals surface area contributed by atoms with Crippen LogP contribution in [0.15, 0.2) is 137 Å². The number of rotatable bonds is 16. The number of allylic oxidation sites excluding steroid dienone is 4. The number of phenolic OH excluding ortho intramolecular Hbond substituents is 2. The predicted octanol–water partition coefficient (Wildman–Crippen LogP) is 6.86. The molecule has 10 N–H and O–H groups in total. The van der Waals surface area contributed by atoms with Gasteiger partial charge in [-0.15, -0.1) is 0 Å². The first-order chi connectivity index (χ1) is 36.7. The molecule has 398 valence electrons. The van der Waals surface area contributed by atoms with Crippen LogP contribution in [-0.4, -0.2) is 116 Å². The number of carbonyl (C=O) groups excluding carboxylic acids is 2. The van der Waals surface area contributed by atoms with Gasteiger partial charge in [-0.3, -0.25) is 14.4 Å². The third-order valence-electron chi connectivity index (χ3n) is 14.8. The summed E-state index contributed by atoms with van der Waals surface area (Å²) < 4.78 is 24.2. The maximum absolute atomic E-state index is 13.9. The van der Waals surface area contributed by atoms with Crippen molar-refractivity contribution in [2.75, 3.05) is 37.9 Å². The van der Waals surface area contributed by atoms with Crippen LogP contribution in [-0.2, 0) is 25.5 Å². The molecule has 4 aromatic carbocycles. The number of H-pyrrole nitrogens is 1. The first-order valence-electron chi connectivity index (χ1n) is 25.0. The van der Waals surface area contributed by atoms with E-state index in [-0.39, 0.29) is 81.8 Å². The zero-order chi connectivity index (χ0) is 53.6. The monoisotopic (exact) mass is 1070 g/mol. The second kappa shape index (κ2) is 23.7. The van der Waals surface area contributed by atoms with E-state index in [1.165, 1.54) is 75.2 Å². The minimum Gasteiger partial charge on any atom is -0.508 e. The Labute approximate surface area is 445 Å². The third kappa shape index (κ3) is 11.2. The summed E-state index contributed by atoms with van der Waals surface area (Å²) in [6.45, 7) is 3.60. The number of nitrogens with two attached hydrogens (primary N) is 1. The summed E-state index contributed by atoms with van der Waals surface area (Å²) in [6.07, 6.45) is 6.87. The van der Waals surface area contributed by atoms with Crippen LogP contribution < -0.4 is 26.5 Å². The van der Waals surface area contributed by atoms with E-state index in [1.807, 2.05) is 30.6 Å². The number of aromatic hydroxyl groups is 2. The van der Waals surface area contributed by atoms with Gasteiger partial charge in [0.15, 0.2) is 23.6 Å². The number of nitrogens with one attached hydrogen (secondary N) is 3. The molecule has 0 saturated carbocycles. The van der Waals surface area contributed by atoms with Crippen molar-refractivity contribution in [3.8, 4) is 28.4 Å². The van der Waals surface area contributed by atoms with Gasteiger partial charge in [-0.25, -0.2) is 4.79 Å². The van der Waals surface area contributed by atoms with Crippen LogP contribution >= 0.6 is 21.6 Å². The summed E-state index contributed by atoms with van der Waals surface area (Å²) in [5.41, 5.74) is 5.52. The van der Waals surface area contributed by atoms with Gasteiger partial charge in [-0.2, -0.15) is 0 Å². The summed E-state index contributed by atoms with van der Waals surface area (Å²) in [7, 11) is 2.71. The van der Waals surface area contributed by atoms with Crippen molar-refractivity contribution >= 4 is 56.3 Å². The number of fused-ring (bicyclic) bond motifs is 3. The molecule has 9 unspecified atom stereocenters. The summed E-state index contributed by atoms with van der Waals surface area (Å²) in [5, 5.41) is 61.6. The molecule has 1 amide bonds. The van der Waals surface area contributed by atoms with E-state index < -0.39 is 59.3 Å². The van der Waals surface area contributed by atoms with Gasteiger partial charge in [-0.1, -0.05) is 95.3 Å². The Morgan fingerprint density at radius 1 is 1.00 bits per heavy atom. The maximum atomic E-state index is 13.9. The van der Waals surface area contributed by atoms with Crippen molar-refractivity contribution in [1.29, 1.82) is 0 Å². The van der Waals surface area contributed by atoms with E-state index in [2.05, 4.69) is 65.0 Å². The zero-order valence-electron chi connectivity index (χ0n) is 41.5. The smallest absolute Gasteiger partial charge is 0.335 e. The van der Waals surface area contributed by atoms with Crippen LogP contribution in [0, 0.1) is 11.8 Å². The number of ether oxygens (including phenoxy) is 3. The summed E-state index contributed by atoms with van der Waals surface area (Å²) in [6, 6.07) is 27.2. The fourth-order valence-electron chi connectivity index (χ4n) is 10.5. The quantitative estimate of drug-likeness (QED) is 0.0272. The molecule has 9 rings (SSSR count). The molecule has 3 aliphatic rings. The van der Waals surface area contributed by atoms with E-state index in [4.69, 9.17) is 24.4 Å². The van der Waals surface area contributed by atoms with E-state index >= 15 is 0 Å². The molecule has 76 heavy (non-hydrogen) atoms. The molecular formula is C57H60N4O13S2.